The summed E-state index contributed by atoms with van der Waals surface area (Å²) in [5.41, 5.74) is 15.0. The Morgan fingerprint density at radius 3 is 2.38 bits per heavy atom. The van der Waals surface area contributed by atoms with Crippen LogP contribution in [0.25, 0.3) is 16.1 Å². The molecule has 63 heavy (non-hydrogen) atoms. The average Bonchev–Trinajstić information content (AvgIpc) is 3.91. The minimum atomic E-state index is -0.574. The first-order valence-corrected chi connectivity index (χ1v) is 21.9. The van der Waals surface area contributed by atoms with Crippen LogP contribution in [0.3, 0.4) is 0 Å². The van der Waals surface area contributed by atoms with Gasteiger partial charge in [-0.15, -0.1) is 21.5 Å². The van der Waals surface area contributed by atoms with E-state index in [-0.39, 0.29) is 18.2 Å². The van der Waals surface area contributed by atoms with Crippen molar-refractivity contribution in [1.29, 1.82) is 0 Å². The van der Waals surface area contributed by atoms with E-state index in [9.17, 15) is 9.59 Å². The highest BCUT2D eigenvalue weighted by Crippen LogP contribution is 2.40. The molecule has 1 atom stereocenters. The van der Waals surface area contributed by atoms with Gasteiger partial charge in [-0.2, -0.15) is 0 Å². The van der Waals surface area contributed by atoms with Gasteiger partial charge in [0.2, 0.25) is 11.8 Å². The minimum absolute atomic E-state index is 0.00453. The van der Waals surface area contributed by atoms with Crippen LogP contribution in [-0.4, -0.2) is 90.1 Å². The van der Waals surface area contributed by atoms with Gasteiger partial charge in [0.1, 0.15) is 35.0 Å². The van der Waals surface area contributed by atoms with Crippen molar-refractivity contribution in [3.05, 3.63) is 123 Å². The number of hydrogen-bond acceptors (Lipinski definition) is 13. The van der Waals surface area contributed by atoms with Crippen LogP contribution in [0.15, 0.2) is 84.0 Å². The van der Waals surface area contributed by atoms with E-state index in [2.05, 4.69) is 45.0 Å². The molecule has 326 valence electrons. The molecule has 0 spiro atoms. The maximum Gasteiger partial charge on any atom is 0.228 e. The van der Waals surface area contributed by atoms with Gasteiger partial charge in [-0.25, -0.2) is 4.98 Å². The highest BCUT2D eigenvalue weighted by Gasteiger charge is 2.32. The summed E-state index contributed by atoms with van der Waals surface area (Å²) < 4.78 is 24.9. The molecule has 0 radical (unpaired) electrons. The molecule has 15 nitrogen and oxygen atoms in total. The normalized spacial score (nSPS) is 14.0. The van der Waals surface area contributed by atoms with E-state index >= 15 is 0 Å². The van der Waals surface area contributed by atoms with Crippen LogP contribution in [0.1, 0.15) is 51.2 Å². The number of halogens is 1. The first kappa shape index (κ1) is 43.5. The van der Waals surface area contributed by atoms with Crippen molar-refractivity contribution in [2.45, 2.75) is 39.7 Å². The molecule has 2 aliphatic rings. The van der Waals surface area contributed by atoms with Gasteiger partial charge in [-0.05, 0) is 86.0 Å². The van der Waals surface area contributed by atoms with Gasteiger partial charge in [0.05, 0.1) is 58.2 Å². The van der Waals surface area contributed by atoms with E-state index in [0.717, 1.165) is 61.3 Å². The standard InChI is InChI=1S/C46H48ClN9O6S/c1-27-28(2)63-46-43(27)44(30-4-7-33(47)8-5-30)53-39(45-55-54-29(3)56(45)46)25-42(58)51-34-9-11-35(12-10-34)62-21-20-61-19-18-60-17-16-59-15-14-49-38-24-40(48)50-26-36(38)31-6-13-37-32(22-31)23-41(57)52-37/h4-13,22,24,26,39H,14-21,23,25H2,1-3H3,(H,51,58)(H,52,57)(H3,48,49,50). The van der Waals surface area contributed by atoms with Gasteiger partial charge in [-0.1, -0.05) is 29.8 Å². The molecule has 0 bridgehead atoms. The Hall–Kier alpha value is -6.17. The van der Waals surface area contributed by atoms with E-state index in [4.69, 9.17) is 41.3 Å². The fraction of sp³-hybridized carbons (Fsp3) is 0.304. The molecule has 2 aliphatic heterocycles. The zero-order valence-electron chi connectivity index (χ0n) is 35.2. The lowest BCUT2D eigenvalue weighted by Gasteiger charge is -2.14. The summed E-state index contributed by atoms with van der Waals surface area (Å²) in [5.74, 6) is 2.21. The van der Waals surface area contributed by atoms with Gasteiger partial charge in [0.25, 0.3) is 0 Å². The number of rotatable bonds is 19. The van der Waals surface area contributed by atoms with Crippen molar-refractivity contribution in [3.8, 4) is 21.9 Å². The van der Waals surface area contributed by atoms with Crippen LogP contribution < -0.4 is 26.4 Å². The molecule has 0 saturated carbocycles. The number of nitrogens with zero attached hydrogens (tertiary/aromatic N) is 5. The Morgan fingerprint density at radius 1 is 0.905 bits per heavy atom. The zero-order valence-corrected chi connectivity index (χ0v) is 36.8. The van der Waals surface area contributed by atoms with E-state index in [1.54, 1.807) is 47.9 Å². The highest BCUT2D eigenvalue weighted by atomic mass is 35.5. The molecule has 0 saturated heterocycles. The summed E-state index contributed by atoms with van der Waals surface area (Å²) in [6.07, 6.45) is 2.17. The SMILES string of the molecule is Cc1sc2c(c1C)C(c1ccc(Cl)cc1)=NC(CC(=O)Nc1ccc(OCCOCCOCCOCCNc3cc(N)ncc3-c3ccc4c(c3)CC(=O)N4)cc1)c1nnc(C)n1-2. The number of hydrogen-bond donors (Lipinski definition) is 4. The number of benzene rings is 3. The predicted molar refractivity (Wildman–Crippen MR) is 246 cm³/mol. The van der Waals surface area contributed by atoms with Gasteiger partial charge in [-0.3, -0.25) is 19.1 Å². The lowest BCUT2D eigenvalue weighted by atomic mass is 9.99. The third-order valence-corrected chi connectivity index (χ3v) is 12.1. The van der Waals surface area contributed by atoms with Crippen molar-refractivity contribution < 1.29 is 28.5 Å². The number of thiophene rings is 1. The second-order valence-electron chi connectivity index (χ2n) is 15.0. The Balaban J connectivity index is 0.724. The predicted octanol–water partition coefficient (Wildman–Crippen LogP) is 7.51. The summed E-state index contributed by atoms with van der Waals surface area (Å²) in [4.78, 5) is 35.9. The number of ether oxygens (including phenoxy) is 4. The summed E-state index contributed by atoms with van der Waals surface area (Å²) in [5, 5.41) is 19.8. The first-order chi connectivity index (χ1) is 30.6. The lowest BCUT2D eigenvalue weighted by Crippen LogP contribution is -2.17. The topological polar surface area (TPSA) is 189 Å². The van der Waals surface area contributed by atoms with Crippen LogP contribution in [-0.2, 0) is 30.2 Å². The van der Waals surface area contributed by atoms with Crippen molar-refractivity contribution in [2.24, 2.45) is 4.99 Å². The molecular formula is C46H48ClN9O6S. The number of aliphatic imine (C=N–C) groups is 1. The molecular weight excluding hydrogens is 842 g/mol. The Labute approximate surface area is 374 Å². The number of pyridine rings is 1. The molecule has 6 aromatic rings. The highest BCUT2D eigenvalue weighted by molar-refractivity contribution is 7.15. The number of anilines is 4. The van der Waals surface area contributed by atoms with E-state index in [1.165, 1.54) is 4.88 Å². The van der Waals surface area contributed by atoms with Crippen LogP contribution in [0.2, 0.25) is 5.02 Å². The van der Waals surface area contributed by atoms with Crippen LogP contribution in [0.5, 0.6) is 5.75 Å². The summed E-state index contributed by atoms with van der Waals surface area (Å²) in [6, 6.07) is 21.9. The van der Waals surface area contributed by atoms with Crippen molar-refractivity contribution >= 4 is 63.3 Å². The summed E-state index contributed by atoms with van der Waals surface area (Å²) >= 11 is 7.91. The van der Waals surface area contributed by atoms with E-state index in [1.807, 2.05) is 54.0 Å². The molecule has 1 unspecified atom stereocenters. The second kappa shape index (κ2) is 19.9. The number of amides is 2. The number of aromatic nitrogens is 4. The van der Waals surface area contributed by atoms with Gasteiger partial charge in [0.15, 0.2) is 5.82 Å². The molecule has 0 fully saturated rings. The number of aryl methyl sites for hydroxylation is 2. The smallest absolute Gasteiger partial charge is 0.228 e. The minimum Gasteiger partial charge on any atom is -0.491 e. The molecule has 2 amide bonds. The van der Waals surface area contributed by atoms with Crippen LogP contribution in [0.4, 0.5) is 22.9 Å². The van der Waals surface area contributed by atoms with Crippen LogP contribution in [0, 0.1) is 20.8 Å². The second-order valence-corrected chi connectivity index (χ2v) is 16.7. The zero-order chi connectivity index (χ0) is 43.9. The Morgan fingerprint density at radius 2 is 1.62 bits per heavy atom. The number of nitrogen functional groups attached to an aromatic ring is 1. The van der Waals surface area contributed by atoms with Crippen LogP contribution >= 0.6 is 22.9 Å². The number of carbonyl (C=O) groups excluding carboxylic acids is 2. The maximum absolute atomic E-state index is 13.5. The third kappa shape index (κ3) is 10.4. The number of nitrogens with two attached hydrogens (primary N) is 1. The Bertz CT molecular complexity index is 2630. The first-order valence-electron chi connectivity index (χ1n) is 20.7. The summed E-state index contributed by atoms with van der Waals surface area (Å²) in [7, 11) is 0. The average molecular weight is 890 g/mol. The quantitative estimate of drug-likeness (QED) is 0.0590. The Kier molecular flexibility index (Phi) is 13.7. The molecule has 5 N–H and O–H groups in total. The van der Waals surface area contributed by atoms with Gasteiger partial charge >= 0.3 is 0 Å². The van der Waals surface area contributed by atoms with Crippen molar-refractivity contribution in [2.75, 3.05) is 74.5 Å². The lowest BCUT2D eigenvalue weighted by molar-refractivity contribution is -0.117. The summed E-state index contributed by atoms with van der Waals surface area (Å²) in [6.45, 7) is 9.62. The van der Waals surface area contributed by atoms with Gasteiger partial charge < -0.3 is 40.6 Å². The molecule has 3 aromatic heterocycles. The van der Waals surface area contributed by atoms with E-state index < -0.39 is 6.04 Å². The molecule has 17 heteroatoms. The molecule has 8 rings (SSSR count). The maximum atomic E-state index is 13.5. The van der Waals surface area contributed by atoms with Gasteiger partial charge in [0, 0.05) is 62.5 Å². The fourth-order valence-electron chi connectivity index (χ4n) is 7.42. The monoisotopic (exact) mass is 889 g/mol. The number of nitrogens with one attached hydrogen (secondary N) is 3. The third-order valence-electron chi connectivity index (χ3n) is 10.6. The fourth-order valence-corrected chi connectivity index (χ4v) is 8.76. The molecule has 3 aromatic carbocycles. The molecule has 0 aliphatic carbocycles. The molecule has 5 heterocycles. The van der Waals surface area contributed by atoms with Crippen molar-refractivity contribution in [3.63, 3.8) is 0 Å². The largest absolute Gasteiger partial charge is 0.491 e. The number of fused-ring (bicyclic) bond motifs is 4. The van der Waals surface area contributed by atoms with E-state index in [0.29, 0.717) is 87.3 Å². The van der Waals surface area contributed by atoms with Crippen molar-refractivity contribution in [1.82, 2.24) is 19.7 Å². The number of carbonyl (C=O) groups is 2.